The summed E-state index contributed by atoms with van der Waals surface area (Å²) in [5.74, 6) is 0.925. The van der Waals surface area contributed by atoms with Crippen molar-refractivity contribution >= 4 is 11.6 Å². The standard InChI is InChI=1S/C16H24ClN/c1-3-13-5-4-6-16(11-13)18-12(2)14-7-9-15(17)10-8-14/h7-10,12-13,16,18H,3-6,11H2,1-2H3/t12-,13?,16?/m0/s1. The van der Waals surface area contributed by atoms with E-state index in [1.807, 2.05) is 12.1 Å². The summed E-state index contributed by atoms with van der Waals surface area (Å²) in [6.45, 7) is 4.56. The summed E-state index contributed by atoms with van der Waals surface area (Å²) in [6, 6.07) is 9.31. The van der Waals surface area contributed by atoms with Crippen LogP contribution in [0.25, 0.3) is 0 Å². The van der Waals surface area contributed by atoms with E-state index in [1.165, 1.54) is 37.7 Å². The summed E-state index contributed by atoms with van der Waals surface area (Å²) in [7, 11) is 0. The molecule has 0 amide bonds. The molecule has 1 N–H and O–H groups in total. The maximum Gasteiger partial charge on any atom is 0.0406 e. The van der Waals surface area contributed by atoms with E-state index in [0.29, 0.717) is 12.1 Å². The zero-order valence-electron chi connectivity index (χ0n) is 11.5. The van der Waals surface area contributed by atoms with Gasteiger partial charge in [-0.1, -0.05) is 49.9 Å². The molecule has 100 valence electrons. The quantitative estimate of drug-likeness (QED) is 0.811. The molecule has 2 rings (SSSR count). The van der Waals surface area contributed by atoms with Gasteiger partial charge in [0.25, 0.3) is 0 Å². The summed E-state index contributed by atoms with van der Waals surface area (Å²) in [5.41, 5.74) is 1.33. The van der Waals surface area contributed by atoms with E-state index < -0.39 is 0 Å². The molecule has 0 saturated heterocycles. The molecule has 1 fully saturated rings. The van der Waals surface area contributed by atoms with Crippen LogP contribution in [0, 0.1) is 5.92 Å². The lowest BCUT2D eigenvalue weighted by atomic mass is 9.84. The molecule has 1 aliphatic rings. The minimum Gasteiger partial charge on any atom is -0.307 e. The highest BCUT2D eigenvalue weighted by molar-refractivity contribution is 6.30. The van der Waals surface area contributed by atoms with Gasteiger partial charge in [0.05, 0.1) is 0 Å². The van der Waals surface area contributed by atoms with E-state index in [2.05, 4.69) is 31.3 Å². The second-order valence-electron chi connectivity index (χ2n) is 5.58. The Morgan fingerprint density at radius 2 is 2.00 bits per heavy atom. The molecule has 2 heteroatoms. The molecule has 1 aliphatic carbocycles. The maximum absolute atomic E-state index is 5.93. The van der Waals surface area contributed by atoms with Crippen LogP contribution in [0.5, 0.6) is 0 Å². The van der Waals surface area contributed by atoms with Crippen LogP contribution in [-0.2, 0) is 0 Å². The number of nitrogens with one attached hydrogen (secondary N) is 1. The topological polar surface area (TPSA) is 12.0 Å². The molecule has 3 atom stereocenters. The van der Waals surface area contributed by atoms with Crippen LogP contribution >= 0.6 is 11.6 Å². The lowest BCUT2D eigenvalue weighted by Crippen LogP contribution is -2.35. The molecule has 0 heterocycles. The van der Waals surface area contributed by atoms with Crippen LogP contribution in [0.1, 0.15) is 57.6 Å². The highest BCUT2D eigenvalue weighted by Crippen LogP contribution is 2.28. The van der Waals surface area contributed by atoms with Gasteiger partial charge in [-0.05, 0) is 43.4 Å². The average molecular weight is 266 g/mol. The summed E-state index contributed by atoms with van der Waals surface area (Å²) >= 11 is 5.93. The molecule has 18 heavy (non-hydrogen) atoms. The summed E-state index contributed by atoms with van der Waals surface area (Å²) < 4.78 is 0. The predicted octanol–water partition coefficient (Wildman–Crippen LogP) is 4.96. The first-order valence-corrected chi connectivity index (χ1v) is 7.58. The summed E-state index contributed by atoms with van der Waals surface area (Å²) in [6.07, 6.45) is 6.80. The molecule has 1 aromatic rings. The monoisotopic (exact) mass is 265 g/mol. The molecule has 2 unspecified atom stereocenters. The molecule has 0 bridgehead atoms. The van der Waals surface area contributed by atoms with Gasteiger partial charge in [-0.3, -0.25) is 0 Å². The van der Waals surface area contributed by atoms with Crippen molar-refractivity contribution in [1.29, 1.82) is 0 Å². The summed E-state index contributed by atoms with van der Waals surface area (Å²) in [4.78, 5) is 0. The lowest BCUT2D eigenvalue weighted by molar-refractivity contribution is 0.266. The van der Waals surface area contributed by atoms with Crippen molar-refractivity contribution in [3.8, 4) is 0 Å². The van der Waals surface area contributed by atoms with Crippen LogP contribution in [0.15, 0.2) is 24.3 Å². The van der Waals surface area contributed by atoms with Crippen LogP contribution in [-0.4, -0.2) is 6.04 Å². The summed E-state index contributed by atoms with van der Waals surface area (Å²) in [5, 5.41) is 4.59. The van der Waals surface area contributed by atoms with Gasteiger partial charge in [-0.25, -0.2) is 0 Å². The number of hydrogen-bond donors (Lipinski definition) is 1. The third kappa shape index (κ3) is 3.73. The van der Waals surface area contributed by atoms with Crippen molar-refractivity contribution in [3.05, 3.63) is 34.9 Å². The van der Waals surface area contributed by atoms with Crippen molar-refractivity contribution in [3.63, 3.8) is 0 Å². The number of hydrogen-bond acceptors (Lipinski definition) is 1. The fourth-order valence-corrected chi connectivity index (χ4v) is 3.14. The van der Waals surface area contributed by atoms with Crippen molar-refractivity contribution < 1.29 is 0 Å². The first kappa shape index (κ1) is 13.9. The van der Waals surface area contributed by atoms with Crippen molar-refractivity contribution in [2.24, 2.45) is 5.92 Å². The van der Waals surface area contributed by atoms with Gasteiger partial charge >= 0.3 is 0 Å². The minimum absolute atomic E-state index is 0.419. The highest BCUT2D eigenvalue weighted by atomic mass is 35.5. The van der Waals surface area contributed by atoms with E-state index in [0.717, 1.165) is 10.9 Å². The molecule has 1 nitrogen and oxygen atoms in total. The zero-order valence-corrected chi connectivity index (χ0v) is 12.2. The van der Waals surface area contributed by atoms with E-state index in [9.17, 15) is 0 Å². The Kier molecular flexibility index (Phi) is 5.08. The van der Waals surface area contributed by atoms with E-state index in [1.54, 1.807) is 0 Å². The SMILES string of the molecule is CCC1CCCC(N[C@@H](C)c2ccc(Cl)cc2)C1. The predicted molar refractivity (Wildman–Crippen MR) is 79.0 cm³/mol. The van der Waals surface area contributed by atoms with Gasteiger partial charge in [0, 0.05) is 17.1 Å². The lowest BCUT2D eigenvalue weighted by Gasteiger charge is -2.31. The number of halogens is 1. The Balaban J connectivity index is 1.90. The molecule has 1 saturated carbocycles. The second kappa shape index (κ2) is 6.58. The third-order valence-corrected chi connectivity index (χ3v) is 4.47. The first-order chi connectivity index (χ1) is 8.69. The molecule has 1 aromatic carbocycles. The molecule has 0 spiro atoms. The zero-order chi connectivity index (χ0) is 13.0. The van der Waals surface area contributed by atoms with Crippen LogP contribution in [0.3, 0.4) is 0 Å². The molecule has 0 aliphatic heterocycles. The smallest absolute Gasteiger partial charge is 0.0406 e. The third-order valence-electron chi connectivity index (χ3n) is 4.22. The Bertz CT molecular complexity index is 360. The number of benzene rings is 1. The van der Waals surface area contributed by atoms with Crippen molar-refractivity contribution in [2.75, 3.05) is 0 Å². The normalized spacial score (nSPS) is 25.9. The minimum atomic E-state index is 0.419. The van der Waals surface area contributed by atoms with Gasteiger partial charge in [-0.2, -0.15) is 0 Å². The second-order valence-corrected chi connectivity index (χ2v) is 6.01. The largest absolute Gasteiger partial charge is 0.307 e. The molecule has 0 radical (unpaired) electrons. The Hall–Kier alpha value is -0.530. The Morgan fingerprint density at radius 1 is 1.28 bits per heavy atom. The highest BCUT2D eigenvalue weighted by Gasteiger charge is 2.22. The van der Waals surface area contributed by atoms with Gasteiger partial charge < -0.3 is 5.32 Å². The Morgan fingerprint density at radius 3 is 2.67 bits per heavy atom. The molecular formula is C16H24ClN. The maximum atomic E-state index is 5.93. The van der Waals surface area contributed by atoms with Crippen LogP contribution in [0.2, 0.25) is 5.02 Å². The van der Waals surface area contributed by atoms with E-state index >= 15 is 0 Å². The van der Waals surface area contributed by atoms with Gasteiger partial charge in [0.15, 0.2) is 0 Å². The van der Waals surface area contributed by atoms with Gasteiger partial charge in [0.1, 0.15) is 0 Å². The molecule has 0 aromatic heterocycles. The van der Waals surface area contributed by atoms with Crippen molar-refractivity contribution in [1.82, 2.24) is 5.32 Å². The fourth-order valence-electron chi connectivity index (χ4n) is 3.01. The van der Waals surface area contributed by atoms with Gasteiger partial charge in [0.2, 0.25) is 0 Å². The van der Waals surface area contributed by atoms with E-state index in [4.69, 9.17) is 11.6 Å². The fraction of sp³-hybridized carbons (Fsp3) is 0.625. The van der Waals surface area contributed by atoms with Crippen molar-refractivity contribution in [2.45, 2.75) is 58.0 Å². The average Bonchev–Trinajstić information content (AvgIpc) is 2.39. The van der Waals surface area contributed by atoms with Crippen LogP contribution < -0.4 is 5.32 Å². The van der Waals surface area contributed by atoms with Crippen LogP contribution in [0.4, 0.5) is 0 Å². The van der Waals surface area contributed by atoms with Gasteiger partial charge in [-0.15, -0.1) is 0 Å². The first-order valence-electron chi connectivity index (χ1n) is 7.20. The van der Waals surface area contributed by atoms with E-state index in [-0.39, 0.29) is 0 Å². The Labute approximate surface area is 116 Å². The molecular weight excluding hydrogens is 242 g/mol. The number of rotatable bonds is 4.